The summed E-state index contributed by atoms with van der Waals surface area (Å²) in [7, 11) is 0. The summed E-state index contributed by atoms with van der Waals surface area (Å²) in [6.45, 7) is 0. The Morgan fingerprint density at radius 1 is 1.05 bits per heavy atom. The molecule has 0 bridgehead atoms. The Kier molecular flexibility index (Phi) is 3.20. The molecule has 2 nitrogen and oxygen atoms in total. The predicted molar refractivity (Wildman–Crippen MR) is 76.6 cm³/mol. The number of carbonyl (C=O) groups is 1. The van der Waals surface area contributed by atoms with E-state index in [1.165, 1.54) is 18.2 Å². The first-order valence-corrected chi connectivity index (χ1v) is 6.38. The standard InChI is InChI=1S/C16H9ClFNO/c17-15-12(5-2-6-14(15)18)16(20)11-4-1-3-10-7-8-19-9-13(10)11/h1-9H. The summed E-state index contributed by atoms with van der Waals surface area (Å²) < 4.78 is 13.5. The van der Waals surface area contributed by atoms with Crippen molar-refractivity contribution in [3.63, 3.8) is 0 Å². The molecular weight excluding hydrogens is 277 g/mol. The Morgan fingerprint density at radius 2 is 1.80 bits per heavy atom. The van der Waals surface area contributed by atoms with Crippen LogP contribution in [-0.4, -0.2) is 10.8 Å². The maximum atomic E-state index is 13.5. The summed E-state index contributed by atoms with van der Waals surface area (Å²) in [4.78, 5) is 16.6. The van der Waals surface area contributed by atoms with Gasteiger partial charge in [-0.3, -0.25) is 9.78 Å². The number of carbonyl (C=O) groups excluding carboxylic acids is 1. The van der Waals surface area contributed by atoms with Crippen molar-refractivity contribution in [3.05, 3.63) is 76.8 Å². The molecule has 1 heterocycles. The molecule has 0 saturated heterocycles. The second kappa shape index (κ2) is 5.02. The fourth-order valence-electron chi connectivity index (χ4n) is 2.14. The number of nitrogens with zero attached hydrogens (tertiary/aromatic N) is 1. The second-order valence-electron chi connectivity index (χ2n) is 4.33. The molecule has 3 rings (SSSR count). The lowest BCUT2D eigenvalue weighted by Crippen LogP contribution is -2.04. The van der Waals surface area contributed by atoms with E-state index in [0.29, 0.717) is 5.56 Å². The fourth-order valence-corrected chi connectivity index (χ4v) is 2.35. The summed E-state index contributed by atoms with van der Waals surface area (Å²) in [6, 6.07) is 11.4. The van der Waals surface area contributed by atoms with Crippen molar-refractivity contribution in [1.29, 1.82) is 0 Å². The Bertz CT molecular complexity index is 811. The SMILES string of the molecule is O=C(c1cccc(F)c1Cl)c1cccc2ccncc12. The summed E-state index contributed by atoms with van der Waals surface area (Å²) >= 11 is 5.88. The third-order valence-electron chi connectivity index (χ3n) is 3.12. The van der Waals surface area contributed by atoms with Crippen LogP contribution in [0.15, 0.2) is 54.9 Å². The van der Waals surface area contributed by atoms with Crippen LogP contribution in [0.5, 0.6) is 0 Å². The molecule has 1 aromatic heterocycles. The van der Waals surface area contributed by atoms with Crippen molar-refractivity contribution in [2.24, 2.45) is 0 Å². The first-order chi connectivity index (χ1) is 9.68. The van der Waals surface area contributed by atoms with Crippen molar-refractivity contribution >= 4 is 28.2 Å². The minimum atomic E-state index is -0.601. The van der Waals surface area contributed by atoms with E-state index in [1.54, 1.807) is 24.5 Å². The maximum Gasteiger partial charge on any atom is 0.195 e. The van der Waals surface area contributed by atoms with Gasteiger partial charge in [-0.1, -0.05) is 35.9 Å². The topological polar surface area (TPSA) is 30.0 Å². The molecule has 3 aromatic rings. The van der Waals surface area contributed by atoms with Crippen LogP contribution in [0, 0.1) is 5.82 Å². The molecule has 0 spiro atoms. The molecule has 0 amide bonds. The first kappa shape index (κ1) is 12.8. The Balaban J connectivity index is 2.21. The molecule has 0 N–H and O–H groups in total. The highest BCUT2D eigenvalue weighted by molar-refractivity contribution is 6.35. The molecule has 20 heavy (non-hydrogen) atoms. The number of halogens is 2. The van der Waals surface area contributed by atoms with Crippen LogP contribution in [0.3, 0.4) is 0 Å². The minimum absolute atomic E-state index is 0.154. The zero-order valence-electron chi connectivity index (χ0n) is 10.3. The molecule has 0 fully saturated rings. The molecule has 4 heteroatoms. The number of ketones is 1. The molecule has 0 radical (unpaired) electrons. The number of rotatable bonds is 2. The number of hydrogen-bond acceptors (Lipinski definition) is 2. The van der Waals surface area contributed by atoms with E-state index in [-0.39, 0.29) is 16.4 Å². The molecule has 0 aliphatic carbocycles. The van der Waals surface area contributed by atoms with Crippen molar-refractivity contribution in [1.82, 2.24) is 4.98 Å². The molecule has 2 aromatic carbocycles. The van der Waals surface area contributed by atoms with Gasteiger partial charge < -0.3 is 0 Å². The Morgan fingerprint density at radius 3 is 2.65 bits per heavy atom. The average molecular weight is 286 g/mol. The molecule has 0 aliphatic rings. The normalized spacial score (nSPS) is 10.7. The van der Waals surface area contributed by atoms with Gasteiger partial charge in [0.25, 0.3) is 0 Å². The predicted octanol–water partition coefficient (Wildman–Crippen LogP) is 4.26. The number of aromatic nitrogens is 1. The van der Waals surface area contributed by atoms with Crippen molar-refractivity contribution in [2.45, 2.75) is 0 Å². The van der Waals surface area contributed by atoms with Gasteiger partial charge in [0.1, 0.15) is 5.82 Å². The monoisotopic (exact) mass is 285 g/mol. The summed E-state index contributed by atoms with van der Waals surface area (Å²) in [6.07, 6.45) is 3.28. The zero-order chi connectivity index (χ0) is 14.1. The van der Waals surface area contributed by atoms with Gasteiger partial charge in [-0.15, -0.1) is 0 Å². The van der Waals surface area contributed by atoms with E-state index >= 15 is 0 Å². The van der Waals surface area contributed by atoms with Crippen LogP contribution in [0.4, 0.5) is 4.39 Å². The largest absolute Gasteiger partial charge is 0.289 e. The van der Waals surface area contributed by atoms with E-state index in [9.17, 15) is 9.18 Å². The van der Waals surface area contributed by atoms with Gasteiger partial charge >= 0.3 is 0 Å². The van der Waals surface area contributed by atoms with E-state index in [0.717, 1.165) is 10.8 Å². The van der Waals surface area contributed by atoms with Crippen molar-refractivity contribution < 1.29 is 9.18 Å². The van der Waals surface area contributed by atoms with Crippen LogP contribution in [-0.2, 0) is 0 Å². The highest BCUT2D eigenvalue weighted by atomic mass is 35.5. The number of fused-ring (bicyclic) bond motifs is 1. The lowest BCUT2D eigenvalue weighted by atomic mass is 9.98. The van der Waals surface area contributed by atoms with Gasteiger partial charge in [-0.05, 0) is 23.6 Å². The Hall–Kier alpha value is -2.26. The van der Waals surface area contributed by atoms with Gasteiger partial charge in [0.05, 0.1) is 5.02 Å². The maximum absolute atomic E-state index is 13.5. The van der Waals surface area contributed by atoms with Crippen LogP contribution in [0.2, 0.25) is 5.02 Å². The van der Waals surface area contributed by atoms with Crippen molar-refractivity contribution in [2.75, 3.05) is 0 Å². The lowest BCUT2D eigenvalue weighted by Gasteiger charge is -2.07. The quantitative estimate of drug-likeness (QED) is 0.659. The summed E-state index contributed by atoms with van der Waals surface area (Å²) in [5.41, 5.74) is 0.617. The second-order valence-corrected chi connectivity index (χ2v) is 4.71. The van der Waals surface area contributed by atoms with Gasteiger partial charge in [0.2, 0.25) is 0 Å². The zero-order valence-corrected chi connectivity index (χ0v) is 11.1. The summed E-state index contributed by atoms with van der Waals surface area (Å²) in [5, 5.41) is 1.47. The third kappa shape index (κ3) is 2.06. The van der Waals surface area contributed by atoms with Gasteiger partial charge in [0, 0.05) is 28.9 Å². The fraction of sp³-hybridized carbons (Fsp3) is 0. The first-order valence-electron chi connectivity index (χ1n) is 6.00. The molecule has 0 atom stereocenters. The third-order valence-corrected chi connectivity index (χ3v) is 3.51. The van der Waals surface area contributed by atoms with Gasteiger partial charge in [-0.2, -0.15) is 0 Å². The van der Waals surface area contributed by atoms with Crippen LogP contribution in [0.1, 0.15) is 15.9 Å². The van der Waals surface area contributed by atoms with E-state index in [1.807, 2.05) is 12.1 Å². The smallest absolute Gasteiger partial charge is 0.195 e. The van der Waals surface area contributed by atoms with Crippen LogP contribution < -0.4 is 0 Å². The molecule has 0 aliphatic heterocycles. The van der Waals surface area contributed by atoms with Crippen LogP contribution in [0.25, 0.3) is 10.8 Å². The highest BCUT2D eigenvalue weighted by Gasteiger charge is 2.17. The van der Waals surface area contributed by atoms with Crippen molar-refractivity contribution in [3.8, 4) is 0 Å². The average Bonchev–Trinajstić information content (AvgIpc) is 2.49. The number of pyridine rings is 1. The van der Waals surface area contributed by atoms with Gasteiger partial charge in [0.15, 0.2) is 5.78 Å². The van der Waals surface area contributed by atoms with E-state index < -0.39 is 5.82 Å². The van der Waals surface area contributed by atoms with E-state index in [2.05, 4.69) is 4.98 Å². The summed E-state index contributed by atoms with van der Waals surface area (Å²) in [5.74, 6) is -0.913. The van der Waals surface area contributed by atoms with Crippen LogP contribution >= 0.6 is 11.6 Å². The lowest BCUT2D eigenvalue weighted by molar-refractivity contribution is 0.104. The van der Waals surface area contributed by atoms with E-state index in [4.69, 9.17) is 11.6 Å². The number of hydrogen-bond donors (Lipinski definition) is 0. The molecule has 0 saturated carbocycles. The van der Waals surface area contributed by atoms with Gasteiger partial charge in [-0.25, -0.2) is 4.39 Å². The minimum Gasteiger partial charge on any atom is -0.289 e. The molecule has 98 valence electrons. The number of benzene rings is 2. The molecule has 0 unspecified atom stereocenters. The molecular formula is C16H9ClFNO. The Labute approximate surface area is 119 Å². The highest BCUT2D eigenvalue weighted by Crippen LogP contribution is 2.25.